The molecular weight excluding hydrogens is 166 g/mol. The predicted molar refractivity (Wildman–Crippen MR) is 49.3 cm³/mol. The Bertz CT molecular complexity index is 396. The van der Waals surface area contributed by atoms with Crippen LogP contribution in [-0.2, 0) is 6.42 Å². The lowest BCUT2D eigenvalue weighted by Crippen LogP contribution is -1.90. The van der Waals surface area contributed by atoms with Crippen molar-refractivity contribution in [3.8, 4) is 0 Å². The van der Waals surface area contributed by atoms with Crippen LogP contribution in [0.3, 0.4) is 0 Å². The first kappa shape index (κ1) is 8.19. The van der Waals surface area contributed by atoms with E-state index in [1.54, 1.807) is 0 Å². The fraction of sp³-hybridized carbons (Fsp3) is 0.333. The number of fused-ring (bicyclic) bond motifs is 1. The van der Waals surface area contributed by atoms with E-state index in [1.807, 2.05) is 18.2 Å². The largest absolute Gasteiger partial charge is 0.396 e. The molecular formula is C9H11N3O. The van der Waals surface area contributed by atoms with Crippen LogP contribution in [0.15, 0.2) is 18.2 Å². The highest BCUT2D eigenvalue weighted by Gasteiger charge is 2.02. The average molecular weight is 177 g/mol. The van der Waals surface area contributed by atoms with Crippen LogP contribution in [0.1, 0.15) is 12.0 Å². The molecule has 0 radical (unpaired) electrons. The van der Waals surface area contributed by atoms with E-state index in [0.29, 0.717) is 0 Å². The van der Waals surface area contributed by atoms with Gasteiger partial charge in [0.1, 0.15) is 5.52 Å². The number of rotatable bonds is 3. The van der Waals surface area contributed by atoms with Crippen LogP contribution >= 0.6 is 0 Å². The maximum Gasteiger partial charge on any atom is 0.116 e. The van der Waals surface area contributed by atoms with E-state index < -0.39 is 0 Å². The van der Waals surface area contributed by atoms with E-state index in [4.69, 9.17) is 5.11 Å². The SMILES string of the molecule is OCCCc1cccc2[nH]nnc12. The van der Waals surface area contributed by atoms with E-state index in [1.165, 1.54) is 0 Å². The number of hydrogen-bond donors (Lipinski definition) is 2. The van der Waals surface area contributed by atoms with Crippen LogP contribution in [0, 0.1) is 0 Å². The molecule has 0 saturated heterocycles. The molecule has 2 aromatic rings. The zero-order valence-corrected chi connectivity index (χ0v) is 7.20. The summed E-state index contributed by atoms with van der Waals surface area (Å²) in [5.74, 6) is 0. The summed E-state index contributed by atoms with van der Waals surface area (Å²) in [4.78, 5) is 0. The highest BCUT2D eigenvalue weighted by Crippen LogP contribution is 2.14. The van der Waals surface area contributed by atoms with Gasteiger partial charge in [0.15, 0.2) is 0 Å². The molecule has 0 aliphatic carbocycles. The van der Waals surface area contributed by atoms with Gasteiger partial charge in [-0.2, -0.15) is 0 Å². The van der Waals surface area contributed by atoms with E-state index in [9.17, 15) is 0 Å². The molecule has 0 spiro atoms. The normalized spacial score (nSPS) is 10.8. The second kappa shape index (κ2) is 3.53. The molecule has 1 heterocycles. The number of nitrogens with zero attached hydrogens (tertiary/aromatic N) is 2. The summed E-state index contributed by atoms with van der Waals surface area (Å²) in [5.41, 5.74) is 3.01. The molecule has 13 heavy (non-hydrogen) atoms. The molecule has 0 unspecified atom stereocenters. The lowest BCUT2D eigenvalue weighted by atomic mass is 10.1. The first-order valence-electron chi connectivity index (χ1n) is 4.31. The van der Waals surface area contributed by atoms with Crippen LogP contribution < -0.4 is 0 Å². The molecule has 0 aliphatic rings. The Morgan fingerprint density at radius 1 is 1.38 bits per heavy atom. The van der Waals surface area contributed by atoms with Crippen LogP contribution in [0.5, 0.6) is 0 Å². The molecule has 1 aromatic carbocycles. The van der Waals surface area contributed by atoms with Gasteiger partial charge < -0.3 is 5.11 Å². The molecule has 0 amide bonds. The number of aromatic nitrogens is 3. The average Bonchev–Trinajstić information content (AvgIpc) is 2.62. The summed E-state index contributed by atoms with van der Waals surface area (Å²) in [5, 5.41) is 19.2. The topological polar surface area (TPSA) is 61.8 Å². The summed E-state index contributed by atoms with van der Waals surface area (Å²) >= 11 is 0. The summed E-state index contributed by atoms with van der Waals surface area (Å²) < 4.78 is 0. The molecule has 2 rings (SSSR count). The van der Waals surface area contributed by atoms with Crippen LogP contribution in [0.4, 0.5) is 0 Å². The van der Waals surface area contributed by atoms with Crippen LogP contribution in [-0.4, -0.2) is 27.1 Å². The minimum absolute atomic E-state index is 0.217. The zero-order chi connectivity index (χ0) is 9.10. The van der Waals surface area contributed by atoms with E-state index in [-0.39, 0.29) is 6.61 Å². The number of aromatic amines is 1. The molecule has 0 saturated carbocycles. The minimum Gasteiger partial charge on any atom is -0.396 e. The fourth-order valence-corrected chi connectivity index (χ4v) is 1.40. The predicted octanol–water partition coefficient (Wildman–Crippen LogP) is 0.883. The first-order valence-corrected chi connectivity index (χ1v) is 4.31. The lowest BCUT2D eigenvalue weighted by molar-refractivity contribution is 0.288. The van der Waals surface area contributed by atoms with Crippen LogP contribution in [0.2, 0.25) is 0 Å². The van der Waals surface area contributed by atoms with Crippen molar-refractivity contribution in [1.29, 1.82) is 0 Å². The summed E-state index contributed by atoms with van der Waals surface area (Å²) in [6.07, 6.45) is 1.62. The van der Waals surface area contributed by atoms with Crippen molar-refractivity contribution in [2.75, 3.05) is 6.61 Å². The molecule has 1 aromatic heterocycles. The second-order valence-corrected chi connectivity index (χ2v) is 2.95. The summed E-state index contributed by atoms with van der Waals surface area (Å²) in [6, 6.07) is 5.92. The van der Waals surface area contributed by atoms with Crippen molar-refractivity contribution < 1.29 is 5.11 Å². The van der Waals surface area contributed by atoms with Crippen LogP contribution in [0.25, 0.3) is 11.0 Å². The van der Waals surface area contributed by atoms with E-state index in [0.717, 1.165) is 29.4 Å². The Labute approximate surface area is 75.6 Å². The van der Waals surface area contributed by atoms with Gasteiger partial charge in [-0.05, 0) is 24.5 Å². The zero-order valence-electron chi connectivity index (χ0n) is 7.20. The third-order valence-electron chi connectivity index (χ3n) is 2.04. The fourth-order valence-electron chi connectivity index (χ4n) is 1.40. The monoisotopic (exact) mass is 177 g/mol. The molecule has 0 fully saturated rings. The number of aliphatic hydroxyl groups is 1. The molecule has 0 aliphatic heterocycles. The number of hydrogen-bond acceptors (Lipinski definition) is 3. The second-order valence-electron chi connectivity index (χ2n) is 2.95. The van der Waals surface area contributed by atoms with Gasteiger partial charge in [-0.25, -0.2) is 0 Å². The Morgan fingerprint density at radius 2 is 2.31 bits per heavy atom. The number of aryl methyl sites for hydroxylation is 1. The van der Waals surface area contributed by atoms with Gasteiger partial charge >= 0.3 is 0 Å². The highest BCUT2D eigenvalue weighted by atomic mass is 16.2. The van der Waals surface area contributed by atoms with E-state index in [2.05, 4.69) is 15.4 Å². The molecule has 0 atom stereocenters. The maximum atomic E-state index is 8.71. The molecule has 4 heteroatoms. The lowest BCUT2D eigenvalue weighted by Gasteiger charge is -1.98. The Balaban J connectivity index is 2.37. The van der Waals surface area contributed by atoms with Gasteiger partial charge in [-0.3, -0.25) is 5.10 Å². The van der Waals surface area contributed by atoms with Crippen molar-refractivity contribution in [2.45, 2.75) is 12.8 Å². The highest BCUT2D eigenvalue weighted by molar-refractivity contribution is 5.77. The van der Waals surface area contributed by atoms with Crippen molar-refractivity contribution >= 4 is 11.0 Å². The van der Waals surface area contributed by atoms with Crippen molar-refractivity contribution in [3.05, 3.63) is 23.8 Å². The Kier molecular flexibility index (Phi) is 2.23. The van der Waals surface area contributed by atoms with Gasteiger partial charge in [0.2, 0.25) is 0 Å². The third-order valence-corrected chi connectivity index (χ3v) is 2.04. The smallest absolute Gasteiger partial charge is 0.116 e. The van der Waals surface area contributed by atoms with Gasteiger partial charge in [0, 0.05) is 6.61 Å². The number of benzene rings is 1. The van der Waals surface area contributed by atoms with Crippen molar-refractivity contribution in [1.82, 2.24) is 15.4 Å². The minimum atomic E-state index is 0.217. The van der Waals surface area contributed by atoms with Gasteiger partial charge in [0.25, 0.3) is 0 Å². The molecule has 4 nitrogen and oxygen atoms in total. The first-order chi connectivity index (χ1) is 6.42. The van der Waals surface area contributed by atoms with Crippen molar-refractivity contribution in [2.24, 2.45) is 0 Å². The quantitative estimate of drug-likeness (QED) is 0.731. The van der Waals surface area contributed by atoms with Gasteiger partial charge in [-0.15, -0.1) is 5.10 Å². The van der Waals surface area contributed by atoms with E-state index >= 15 is 0 Å². The van der Waals surface area contributed by atoms with Crippen molar-refractivity contribution in [3.63, 3.8) is 0 Å². The number of H-pyrrole nitrogens is 1. The van der Waals surface area contributed by atoms with Gasteiger partial charge in [-0.1, -0.05) is 17.3 Å². The third kappa shape index (κ3) is 1.53. The molecule has 0 bridgehead atoms. The summed E-state index contributed by atoms with van der Waals surface area (Å²) in [7, 11) is 0. The number of aliphatic hydroxyl groups excluding tert-OH is 1. The Morgan fingerprint density at radius 3 is 3.15 bits per heavy atom. The molecule has 2 N–H and O–H groups in total. The molecule has 68 valence electrons. The summed E-state index contributed by atoms with van der Waals surface area (Å²) in [6.45, 7) is 0.217. The maximum absolute atomic E-state index is 8.71. The van der Waals surface area contributed by atoms with Gasteiger partial charge in [0.05, 0.1) is 5.52 Å². The number of nitrogens with one attached hydrogen (secondary N) is 1. The Hall–Kier alpha value is -1.42. The standard InChI is InChI=1S/C9H11N3O/c13-6-2-4-7-3-1-5-8-9(7)11-12-10-8/h1,3,5,13H,2,4,6H2,(H,10,11,12).